The highest BCUT2D eigenvalue weighted by molar-refractivity contribution is 5.94. The van der Waals surface area contributed by atoms with Gasteiger partial charge in [0.1, 0.15) is 5.52 Å². The van der Waals surface area contributed by atoms with E-state index in [1.807, 2.05) is 37.4 Å². The van der Waals surface area contributed by atoms with Crippen molar-refractivity contribution in [1.29, 1.82) is 0 Å². The molecule has 2 aromatic heterocycles. The van der Waals surface area contributed by atoms with Crippen LogP contribution in [0.3, 0.4) is 0 Å². The summed E-state index contributed by atoms with van der Waals surface area (Å²) in [5.41, 5.74) is 5.07. The van der Waals surface area contributed by atoms with E-state index in [2.05, 4.69) is 29.5 Å². The van der Waals surface area contributed by atoms with E-state index in [0.29, 0.717) is 0 Å². The van der Waals surface area contributed by atoms with Gasteiger partial charge in [0.25, 0.3) is 5.56 Å². The third-order valence-corrected chi connectivity index (χ3v) is 4.07. The largest absolute Gasteiger partial charge is 0.308 e. The van der Waals surface area contributed by atoms with Gasteiger partial charge in [-0.3, -0.25) is 4.79 Å². The lowest BCUT2D eigenvalue weighted by Gasteiger charge is -2.08. The van der Waals surface area contributed by atoms with Gasteiger partial charge in [-0.2, -0.15) is 0 Å². The number of aryl methyl sites for hydroxylation is 2. The molecule has 0 aliphatic rings. The van der Waals surface area contributed by atoms with Crippen molar-refractivity contribution in [2.24, 2.45) is 7.05 Å². The Labute approximate surface area is 115 Å². The summed E-state index contributed by atoms with van der Waals surface area (Å²) in [5.74, 6) is 0. The van der Waals surface area contributed by atoms with Gasteiger partial charge >= 0.3 is 0 Å². The van der Waals surface area contributed by atoms with Crippen LogP contribution in [0.4, 0.5) is 0 Å². The molecule has 2 heterocycles. The second-order valence-corrected chi connectivity index (χ2v) is 5.23. The highest BCUT2D eigenvalue weighted by atomic mass is 16.1. The SMILES string of the molecule is Cc1cccc2c1cc1c(=O)n(C)c3ccccc3n12. The molecule has 3 heteroatoms. The van der Waals surface area contributed by atoms with Crippen molar-refractivity contribution in [3.8, 4) is 0 Å². The Morgan fingerprint density at radius 2 is 1.55 bits per heavy atom. The first-order valence-electron chi connectivity index (χ1n) is 6.67. The maximum absolute atomic E-state index is 12.6. The Morgan fingerprint density at radius 3 is 2.35 bits per heavy atom. The molecule has 0 saturated carbocycles. The van der Waals surface area contributed by atoms with Crippen molar-refractivity contribution < 1.29 is 0 Å². The van der Waals surface area contributed by atoms with Gasteiger partial charge in [-0.25, -0.2) is 0 Å². The Kier molecular flexibility index (Phi) is 2.11. The zero-order chi connectivity index (χ0) is 13.9. The summed E-state index contributed by atoms with van der Waals surface area (Å²) in [4.78, 5) is 12.6. The van der Waals surface area contributed by atoms with Gasteiger partial charge in [0.15, 0.2) is 0 Å². The second-order valence-electron chi connectivity index (χ2n) is 5.23. The summed E-state index contributed by atoms with van der Waals surface area (Å²) in [7, 11) is 1.83. The maximum Gasteiger partial charge on any atom is 0.275 e. The smallest absolute Gasteiger partial charge is 0.275 e. The van der Waals surface area contributed by atoms with Crippen molar-refractivity contribution in [3.05, 3.63) is 64.4 Å². The van der Waals surface area contributed by atoms with Crippen molar-refractivity contribution in [2.45, 2.75) is 6.92 Å². The van der Waals surface area contributed by atoms with Gasteiger partial charge in [0, 0.05) is 12.4 Å². The third kappa shape index (κ3) is 1.27. The van der Waals surface area contributed by atoms with E-state index in [0.717, 1.165) is 27.5 Å². The standard InChI is InChI=1S/C17H14N2O/c1-11-6-5-9-13-12(11)10-16-17(20)18(2)14-7-3-4-8-15(14)19(13)16/h3-10H,1-2H3. The molecule has 0 bridgehead atoms. The Morgan fingerprint density at radius 1 is 0.850 bits per heavy atom. The Hall–Kier alpha value is -2.55. The van der Waals surface area contributed by atoms with Crippen LogP contribution in [0, 0.1) is 6.92 Å². The second kappa shape index (κ2) is 3.73. The molecule has 2 aromatic carbocycles. The van der Waals surface area contributed by atoms with Gasteiger partial charge in [-0.05, 0) is 36.8 Å². The first kappa shape index (κ1) is 11.3. The molecule has 0 unspecified atom stereocenters. The molecule has 98 valence electrons. The molecular weight excluding hydrogens is 248 g/mol. The number of hydrogen-bond donors (Lipinski definition) is 0. The summed E-state index contributed by atoms with van der Waals surface area (Å²) in [6, 6.07) is 16.2. The maximum atomic E-state index is 12.6. The fraction of sp³-hybridized carbons (Fsp3) is 0.118. The number of benzene rings is 2. The van der Waals surface area contributed by atoms with Crippen LogP contribution in [0.15, 0.2) is 53.3 Å². The van der Waals surface area contributed by atoms with Gasteiger partial charge < -0.3 is 8.97 Å². The van der Waals surface area contributed by atoms with Gasteiger partial charge in [0.05, 0.1) is 16.6 Å². The summed E-state index contributed by atoms with van der Waals surface area (Å²) in [5, 5.41) is 1.14. The molecule has 0 radical (unpaired) electrons. The molecule has 0 aliphatic carbocycles. The average Bonchev–Trinajstić information content (AvgIpc) is 2.86. The monoisotopic (exact) mass is 262 g/mol. The molecule has 0 atom stereocenters. The number of rotatable bonds is 0. The quantitative estimate of drug-likeness (QED) is 0.478. The topological polar surface area (TPSA) is 26.4 Å². The molecule has 0 amide bonds. The van der Waals surface area contributed by atoms with E-state index < -0.39 is 0 Å². The molecule has 3 nitrogen and oxygen atoms in total. The Balaban J connectivity index is 2.46. The van der Waals surface area contributed by atoms with Crippen LogP contribution in [0.2, 0.25) is 0 Å². The normalized spacial score (nSPS) is 11.7. The first-order chi connectivity index (χ1) is 9.68. The number of hydrogen-bond acceptors (Lipinski definition) is 1. The van der Waals surface area contributed by atoms with Crippen LogP contribution in [-0.2, 0) is 7.05 Å². The van der Waals surface area contributed by atoms with Crippen LogP contribution in [-0.4, -0.2) is 8.97 Å². The van der Waals surface area contributed by atoms with Gasteiger partial charge in [-0.1, -0.05) is 24.3 Å². The zero-order valence-electron chi connectivity index (χ0n) is 11.4. The molecule has 0 fully saturated rings. The summed E-state index contributed by atoms with van der Waals surface area (Å²) >= 11 is 0. The van der Waals surface area contributed by atoms with Gasteiger partial charge in [-0.15, -0.1) is 0 Å². The summed E-state index contributed by atoms with van der Waals surface area (Å²) in [6.45, 7) is 2.08. The van der Waals surface area contributed by atoms with E-state index in [4.69, 9.17) is 0 Å². The highest BCUT2D eigenvalue weighted by Gasteiger charge is 2.12. The lowest BCUT2D eigenvalue weighted by molar-refractivity contribution is 0.902. The predicted octanol–water partition coefficient (Wildman–Crippen LogP) is 3.25. The minimum atomic E-state index is 0.0410. The minimum absolute atomic E-state index is 0.0410. The van der Waals surface area contributed by atoms with Crippen LogP contribution in [0.1, 0.15) is 5.56 Å². The van der Waals surface area contributed by atoms with E-state index in [1.165, 1.54) is 5.56 Å². The zero-order valence-corrected chi connectivity index (χ0v) is 11.4. The van der Waals surface area contributed by atoms with Crippen LogP contribution < -0.4 is 5.56 Å². The lowest BCUT2D eigenvalue weighted by Crippen LogP contribution is -2.19. The summed E-state index contributed by atoms with van der Waals surface area (Å²) in [6.07, 6.45) is 0. The molecule has 0 saturated heterocycles. The lowest BCUT2D eigenvalue weighted by atomic mass is 10.1. The van der Waals surface area contributed by atoms with Crippen LogP contribution in [0.5, 0.6) is 0 Å². The molecule has 4 aromatic rings. The number of nitrogens with zero attached hydrogens (tertiary/aromatic N) is 2. The number of para-hydroxylation sites is 2. The van der Waals surface area contributed by atoms with Gasteiger partial charge in [0.2, 0.25) is 0 Å². The number of aromatic nitrogens is 2. The fourth-order valence-electron chi connectivity index (χ4n) is 3.01. The van der Waals surface area contributed by atoms with Crippen LogP contribution in [0.25, 0.3) is 27.5 Å². The predicted molar refractivity (Wildman–Crippen MR) is 82.4 cm³/mol. The summed E-state index contributed by atoms with van der Waals surface area (Å²) < 4.78 is 3.79. The third-order valence-electron chi connectivity index (χ3n) is 4.07. The van der Waals surface area contributed by atoms with E-state index in [9.17, 15) is 4.79 Å². The van der Waals surface area contributed by atoms with E-state index in [-0.39, 0.29) is 5.56 Å². The minimum Gasteiger partial charge on any atom is -0.308 e. The van der Waals surface area contributed by atoms with Crippen LogP contribution >= 0.6 is 0 Å². The molecule has 0 spiro atoms. The molecule has 20 heavy (non-hydrogen) atoms. The Bertz CT molecular complexity index is 1040. The van der Waals surface area contributed by atoms with E-state index in [1.54, 1.807) is 4.57 Å². The molecular formula is C17H14N2O. The molecule has 0 N–H and O–H groups in total. The van der Waals surface area contributed by atoms with Crippen molar-refractivity contribution in [1.82, 2.24) is 8.97 Å². The van der Waals surface area contributed by atoms with Crippen molar-refractivity contribution in [2.75, 3.05) is 0 Å². The fourth-order valence-corrected chi connectivity index (χ4v) is 3.01. The number of fused-ring (bicyclic) bond motifs is 5. The molecule has 0 aliphatic heterocycles. The first-order valence-corrected chi connectivity index (χ1v) is 6.67. The van der Waals surface area contributed by atoms with Crippen molar-refractivity contribution in [3.63, 3.8) is 0 Å². The average molecular weight is 262 g/mol. The van der Waals surface area contributed by atoms with E-state index >= 15 is 0 Å². The van der Waals surface area contributed by atoms with Crippen molar-refractivity contribution >= 4 is 27.5 Å². The molecule has 4 rings (SSSR count). The highest BCUT2D eigenvalue weighted by Crippen LogP contribution is 2.25.